The van der Waals surface area contributed by atoms with Crippen molar-refractivity contribution in [2.24, 2.45) is 0 Å². The SMILES string of the molecule is O=C(O)C#CCCCCCCCCCCCCCCCCC(=O)O. The fourth-order valence-electron chi connectivity index (χ4n) is 2.75. The maximum atomic E-state index is 10.4. The summed E-state index contributed by atoms with van der Waals surface area (Å²) in [5, 5.41) is 16.9. The molecule has 0 saturated heterocycles. The molecule has 0 aliphatic rings. The van der Waals surface area contributed by atoms with Crippen molar-refractivity contribution in [3.63, 3.8) is 0 Å². The number of carboxylic acids is 2. The van der Waals surface area contributed by atoms with E-state index in [4.69, 9.17) is 10.2 Å². The molecule has 0 radical (unpaired) electrons. The maximum absolute atomic E-state index is 10.4. The van der Waals surface area contributed by atoms with Crippen LogP contribution in [0.2, 0.25) is 0 Å². The maximum Gasteiger partial charge on any atom is 0.381 e. The Kier molecular flexibility index (Phi) is 16.7. The van der Waals surface area contributed by atoms with Crippen LogP contribution in [0.4, 0.5) is 0 Å². The minimum atomic E-state index is -1.03. The van der Waals surface area contributed by atoms with E-state index in [9.17, 15) is 9.59 Å². The van der Waals surface area contributed by atoms with Crippen LogP contribution in [-0.2, 0) is 9.59 Å². The highest BCUT2D eigenvalue weighted by molar-refractivity contribution is 5.86. The summed E-state index contributed by atoms with van der Waals surface area (Å²) in [6, 6.07) is 0. The number of carboxylic acid groups (broad SMARTS) is 2. The first-order chi connectivity index (χ1) is 11.6. The number of aliphatic carboxylic acids is 2. The van der Waals surface area contributed by atoms with Crippen molar-refractivity contribution in [2.45, 2.75) is 103 Å². The Morgan fingerprint density at radius 2 is 0.958 bits per heavy atom. The lowest BCUT2D eigenvalue weighted by molar-refractivity contribution is -0.137. The lowest BCUT2D eigenvalue weighted by Crippen LogP contribution is -1.93. The van der Waals surface area contributed by atoms with E-state index in [0.29, 0.717) is 12.8 Å². The second-order valence-electron chi connectivity index (χ2n) is 6.45. The molecule has 0 atom stereocenters. The number of hydrogen-bond donors (Lipinski definition) is 2. The number of rotatable bonds is 16. The van der Waals surface area contributed by atoms with Gasteiger partial charge >= 0.3 is 11.9 Å². The highest BCUT2D eigenvalue weighted by Gasteiger charge is 1.97. The van der Waals surface area contributed by atoms with Gasteiger partial charge in [0.25, 0.3) is 0 Å². The van der Waals surface area contributed by atoms with Crippen LogP contribution in [0.5, 0.6) is 0 Å². The van der Waals surface area contributed by atoms with E-state index in [1.54, 1.807) is 0 Å². The minimum Gasteiger partial charge on any atom is -0.481 e. The van der Waals surface area contributed by atoms with Gasteiger partial charge in [0.1, 0.15) is 0 Å². The molecule has 4 nitrogen and oxygen atoms in total. The molecule has 0 rings (SSSR count). The summed E-state index contributed by atoms with van der Waals surface area (Å²) in [6.45, 7) is 0. The van der Waals surface area contributed by atoms with Gasteiger partial charge in [-0.05, 0) is 12.8 Å². The summed E-state index contributed by atoms with van der Waals surface area (Å²) in [6.07, 6.45) is 17.8. The molecular weight excluding hydrogens is 304 g/mol. The number of unbranched alkanes of at least 4 members (excludes halogenated alkanes) is 14. The van der Waals surface area contributed by atoms with E-state index in [0.717, 1.165) is 25.7 Å². The second kappa shape index (κ2) is 17.8. The predicted molar refractivity (Wildman–Crippen MR) is 96.9 cm³/mol. The van der Waals surface area contributed by atoms with Crippen molar-refractivity contribution < 1.29 is 19.8 Å². The molecule has 24 heavy (non-hydrogen) atoms. The lowest BCUT2D eigenvalue weighted by atomic mass is 10.0. The van der Waals surface area contributed by atoms with E-state index in [1.165, 1.54) is 64.2 Å². The molecular formula is C20H34O4. The Morgan fingerprint density at radius 1 is 0.583 bits per heavy atom. The summed E-state index contributed by atoms with van der Waals surface area (Å²) < 4.78 is 0. The van der Waals surface area contributed by atoms with Gasteiger partial charge in [-0.15, -0.1) is 0 Å². The Balaban J connectivity index is 3.07. The van der Waals surface area contributed by atoms with Gasteiger partial charge < -0.3 is 10.2 Å². The summed E-state index contributed by atoms with van der Waals surface area (Å²) in [7, 11) is 0. The molecule has 0 aliphatic carbocycles. The average molecular weight is 338 g/mol. The lowest BCUT2D eigenvalue weighted by Gasteiger charge is -2.03. The van der Waals surface area contributed by atoms with Crippen LogP contribution in [0.15, 0.2) is 0 Å². The average Bonchev–Trinajstić information content (AvgIpc) is 2.53. The molecule has 0 aromatic rings. The first-order valence-electron chi connectivity index (χ1n) is 9.56. The summed E-state index contributed by atoms with van der Waals surface area (Å²) >= 11 is 0. The molecule has 0 unspecified atom stereocenters. The van der Waals surface area contributed by atoms with Gasteiger partial charge in [0.05, 0.1) is 0 Å². The molecule has 0 aliphatic heterocycles. The fourth-order valence-corrected chi connectivity index (χ4v) is 2.75. The molecule has 138 valence electrons. The zero-order valence-corrected chi connectivity index (χ0v) is 15.0. The van der Waals surface area contributed by atoms with Gasteiger partial charge in [-0.3, -0.25) is 4.79 Å². The zero-order valence-electron chi connectivity index (χ0n) is 15.0. The smallest absolute Gasteiger partial charge is 0.381 e. The first kappa shape index (κ1) is 22.5. The molecule has 2 N–H and O–H groups in total. The molecule has 0 aromatic carbocycles. The van der Waals surface area contributed by atoms with Crippen molar-refractivity contribution in [1.29, 1.82) is 0 Å². The standard InChI is InChI=1S/C20H34O4/c21-19(22)17-15-13-11-9-7-5-3-1-2-4-6-8-10-12-14-16-18-20(23)24/h1-15,17H2,(H,21,22)(H,23,24). The van der Waals surface area contributed by atoms with E-state index in [-0.39, 0.29) is 0 Å². The fraction of sp³-hybridized carbons (Fsp3) is 0.800. The number of carbonyl (C=O) groups is 2. The molecule has 0 spiro atoms. The van der Waals surface area contributed by atoms with E-state index in [2.05, 4.69) is 11.8 Å². The quantitative estimate of drug-likeness (QED) is 0.292. The van der Waals surface area contributed by atoms with Crippen molar-refractivity contribution >= 4 is 11.9 Å². The summed E-state index contributed by atoms with van der Waals surface area (Å²) in [4.78, 5) is 20.5. The van der Waals surface area contributed by atoms with E-state index >= 15 is 0 Å². The minimum absolute atomic E-state index is 0.315. The zero-order chi connectivity index (χ0) is 17.9. The van der Waals surface area contributed by atoms with Crippen molar-refractivity contribution in [1.82, 2.24) is 0 Å². The Bertz CT molecular complexity index is 379. The highest BCUT2D eigenvalue weighted by atomic mass is 16.4. The Labute approximate surface area is 147 Å². The Hall–Kier alpha value is -1.50. The Morgan fingerprint density at radius 3 is 1.33 bits per heavy atom. The van der Waals surface area contributed by atoms with Gasteiger partial charge in [-0.1, -0.05) is 83.0 Å². The van der Waals surface area contributed by atoms with Gasteiger partial charge in [0, 0.05) is 18.8 Å². The van der Waals surface area contributed by atoms with Crippen molar-refractivity contribution in [3.05, 3.63) is 0 Å². The normalized spacial score (nSPS) is 10.2. The molecule has 4 heteroatoms. The van der Waals surface area contributed by atoms with Crippen molar-refractivity contribution in [3.8, 4) is 11.8 Å². The van der Waals surface area contributed by atoms with Gasteiger partial charge in [0.2, 0.25) is 0 Å². The van der Waals surface area contributed by atoms with Crippen LogP contribution in [0.25, 0.3) is 0 Å². The molecule has 0 bridgehead atoms. The topological polar surface area (TPSA) is 74.6 Å². The van der Waals surface area contributed by atoms with Crippen LogP contribution in [-0.4, -0.2) is 22.2 Å². The molecule has 0 fully saturated rings. The van der Waals surface area contributed by atoms with Crippen LogP contribution in [0, 0.1) is 11.8 Å². The third kappa shape index (κ3) is 20.5. The molecule has 0 heterocycles. The summed E-state index contributed by atoms with van der Waals surface area (Å²) in [5.41, 5.74) is 0. The molecule has 0 saturated carbocycles. The largest absolute Gasteiger partial charge is 0.481 e. The first-order valence-corrected chi connectivity index (χ1v) is 9.56. The molecule has 0 amide bonds. The van der Waals surface area contributed by atoms with Crippen LogP contribution in [0.1, 0.15) is 103 Å². The second-order valence-corrected chi connectivity index (χ2v) is 6.45. The van der Waals surface area contributed by atoms with Gasteiger partial charge in [-0.25, -0.2) is 4.79 Å². The van der Waals surface area contributed by atoms with Crippen LogP contribution >= 0.6 is 0 Å². The third-order valence-electron chi connectivity index (χ3n) is 4.14. The van der Waals surface area contributed by atoms with Crippen LogP contribution in [0.3, 0.4) is 0 Å². The van der Waals surface area contributed by atoms with E-state index in [1.807, 2.05) is 0 Å². The van der Waals surface area contributed by atoms with Crippen molar-refractivity contribution in [2.75, 3.05) is 0 Å². The highest BCUT2D eigenvalue weighted by Crippen LogP contribution is 2.13. The number of hydrogen-bond acceptors (Lipinski definition) is 2. The molecule has 0 aromatic heterocycles. The van der Waals surface area contributed by atoms with Crippen LogP contribution < -0.4 is 0 Å². The monoisotopic (exact) mass is 338 g/mol. The predicted octanol–water partition coefficient (Wildman–Crippen LogP) is 5.40. The van der Waals surface area contributed by atoms with Gasteiger partial charge in [0.15, 0.2) is 0 Å². The van der Waals surface area contributed by atoms with E-state index < -0.39 is 11.9 Å². The third-order valence-corrected chi connectivity index (χ3v) is 4.14. The summed E-state index contributed by atoms with van der Waals surface area (Å²) in [5.74, 6) is 3.09. The van der Waals surface area contributed by atoms with Gasteiger partial charge in [-0.2, -0.15) is 0 Å².